The molecule has 4 heteroatoms. The minimum atomic E-state index is -0.564. The van der Waals surface area contributed by atoms with Crippen LogP contribution in [0.15, 0.2) is 11.1 Å². The van der Waals surface area contributed by atoms with E-state index in [1.165, 1.54) is 0 Å². The summed E-state index contributed by atoms with van der Waals surface area (Å²) in [6, 6.07) is 0. The van der Waals surface area contributed by atoms with Crippen molar-refractivity contribution in [2.45, 2.75) is 60.3 Å². The van der Waals surface area contributed by atoms with E-state index in [1.807, 2.05) is 27.7 Å². The molecule has 0 aromatic heterocycles. The summed E-state index contributed by atoms with van der Waals surface area (Å²) in [7, 11) is 0. The van der Waals surface area contributed by atoms with Crippen LogP contribution in [-0.2, 0) is 19.1 Å². The Morgan fingerprint density at radius 3 is 1.60 bits per heavy atom. The van der Waals surface area contributed by atoms with Crippen molar-refractivity contribution in [3.8, 4) is 0 Å². The Bertz CT molecular complexity index is 318. The van der Waals surface area contributed by atoms with Crippen molar-refractivity contribution >= 4 is 11.9 Å². The molecule has 0 amide bonds. The number of esters is 2. The van der Waals surface area contributed by atoms with Gasteiger partial charge < -0.3 is 9.47 Å². The predicted octanol–water partition coefficient (Wildman–Crippen LogP) is 3.65. The number of hydrogen-bond acceptors (Lipinski definition) is 4. The van der Waals surface area contributed by atoms with Crippen molar-refractivity contribution < 1.29 is 19.1 Å². The maximum Gasteiger partial charge on any atom is 0.345 e. The second-order valence-electron chi connectivity index (χ2n) is 5.19. The van der Waals surface area contributed by atoms with Gasteiger partial charge >= 0.3 is 11.9 Å². The number of allylic oxidation sites excluding steroid dienone is 1. The lowest BCUT2D eigenvalue weighted by Crippen LogP contribution is -2.22. The first-order valence-electron chi connectivity index (χ1n) is 7.50. The quantitative estimate of drug-likeness (QED) is 0.213. The van der Waals surface area contributed by atoms with Gasteiger partial charge in [-0.25, -0.2) is 9.59 Å². The fourth-order valence-corrected chi connectivity index (χ4v) is 1.46. The Hall–Kier alpha value is -1.32. The second-order valence-corrected chi connectivity index (χ2v) is 5.19. The molecule has 0 fully saturated rings. The highest BCUT2D eigenvalue weighted by atomic mass is 16.6. The fraction of sp³-hybridized carbons (Fsp3) is 0.750. The molecule has 116 valence electrons. The van der Waals surface area contributed by atoms with Crippen LogP contribution in [-0.4, -0.2) is 25.2 Å². The fourth-order valence-electron chi connectivity index (χ4n) is 1.46. The first-order chi connectivity index (χ1) is 9.45. The Labute approximate surface area is 122 Å². The van der Waals surface area contributed by atoms with Crippen LogP contribution >= 0.6 is 0 Å². The van der Waals surface area contributed by atoms with Crippen molar-refractivity contribution in [2.75, 3.05) is 13.2 Å². The number of rotatable bonds is 9. The number of unbranched alkanes of at least 4 members (excludes halogenated alkanes) is 2. The Balaban J connectivity index is 4.86. The van der Waals surface area contributed by atoms with Crippen molar-refractivity contribution in [1.82, 2.24) is 0 Å². The van der Waals surface area contributed by atoms with E-state index in [4.69, 9.17) is 9.47 Å². The summed E-state index contributed by atoms with van der Waals surface area (Å²) in [6.07, 6.45) is 3.47. The van der Waals surface area contributed by atoms with Gasteiger partial charge in [-0.05, 0) is 31.3 Å². The molecule has 0 atom stereocenters. The summed E-state index contributed by atoms with van der Waals surface area (Å²) >= 11 is 0. The molecule has 0 unspecified atom stereocenters. The van der Waals surface area contributed by atoms with Gasteiger partial charge in [0.2, 0.25) is 0 Å². The van der Waals surface area contributed by atoms with Crippen LogP contribution in [0.2, 0.25) is 0 Å². The summed E-state index contributed by atoms with van der Waals surface area (Å²) in [6.45, 7) is 10.4. The van der Waals surface area contributed by atoms with E-state index in [0.717, 1.165) is 25.7 Å². The van der Waals surface area contributed by atoms with Crippen LogP contribution in [0, 0.1) is 5.92 Å². The van der Waals surface area contributed by atoms with Crippen LogP contribution in [0.25, 0.3) is 0 Å². The second kappa shape index (κ2) is 10.5. The number of hydrogen-bond donors (Lipinski definition) is 0. The van der Waals surface area contributed by atoms with E-state index in [-0.39, 0.29) is 11.5 Å². The third-order valence-electron chi connectivity index (χ3n) is 3.13. The zero-order valence-electron chi connectivity index (χ0n) is 13.5. The molecule has 0 radical (unpaired) electrons. The van der Waals surface area contributed by atoms with E-state index in [2.05, 4.69) is 0 Å². The SMILES string of the molecule is CCCCOC(=O)C(C(=O)OCCCC)=C(C)C(C)C. The molecule has 0 aromatic rings. The summed E-state index contributed by atoms with van der Waals surface area (Å²) in [5, 5.41) is 0. The van der Waals surface area contributed by atoms with Gasteiger partial charge in [-0.15, -0.1) is 0 Å². The molecule has 0 aromatic carbocycles. The molecular formula is C16H28O4. The first-order valence-corrected chi connectivity index (χ1v) is 7.50. The highest BCUT2D eigenvalue weighted by Gasteiger charge is 2.25. The van der Waals surface area contributed by atoms with E-state index < -0.39 is 11.9 Å². The monoisotopic (exact) mass is 284 g/mol. The number of carbonyl (C=O) groups is 2. The maximum absolute atomic E-state index is 12.1. The van der Waals surface area contributed by atoms with Gasteiger partial charge in [0.1, 0.15) is 5.57 Å². The van der Waals surface area contributed by atoms with Crippen molar-refractivity contribution in [2.24, 2.45) is 5.92 Å². The Morgan fingerprint density at radius 1 is 0.900 bits per heavy atom. The molecule has 0 saturated heterocycles. The van der Waals surface area contributed by atoms with Gasteiger partial charge in [-0.3, -0.25) is 0 Å². The molecule has 0 spiro atoms. The van der Waals surface area contributed by atoms with E-state index in [9.17, 15) is 9.59 Å². The lowest BCUT2D eigenvalue weighted by atomic mass is 9.99. The molecule has 0 aliphatic rings. The summed E-state index contributed by atoms with van der Waals surface area (Å²) in [5.41, 5.74) is 0.778. The predicted molar refractivity (Wildman–Crippen MR) is 79.3 cm³/mol. The first kappa shape index (κ1) is 18.7. The van der Waals surface area contributed by atoms with E-state index in [0.29, 0.717) is 18.8 Å². The van der Waals surface area contributed by atoms with Crippen molar-refractivity contribution in [3.05, 3.63) is 11.1 Å². The maximum atomic E-state index is 12.1. The average molecular weight is 284 g/mol. The minimum Gasteiger partial charge on any atom is -0.462 e. The molecule has 4 nitrogen and oxygen atoms in total. The molecule has 0 N–H and O–H groups in total. The summed E-state index contributed by atoms with van der Waals surface area (Å²) in [5.74, 6) is -1.03. The average Bonchev–Trinajstić information content (AvgIpc) is 2.39. The topological polar surface area (TPSA) is 52.6 Å². The van der Waals surface area contributed by atoms with Crippen molar-refractivity contribution in [1.29, 1.82) is 0 Å². The minimum absolute atomic E-state index is 0.0622. The summed E-state index contributed by atoms with van der Waals surface area (Å²) in [4.78, 5) is 24.1. The van der Waals surface area contributed by atoms with Gasteiger partial charge in [-0.2, -0.15) is 0 Å². The van der Waals surface area contributed by atoms with Crippen LogP contribution in [0.5, 0.6) is 0 Å². The molecule has 20 heavy (non-hydrogen) atoms. The Morgan fingerprint density at radius 2 is 1.30 bits per heavy atom. The molecule has 0 aliphatic heterocycles. The normalized spacial score (nSPS) is 10.3. The zero-order valence-corrected chi connectivity index (χ0v) is 13.5. The van der Waals surface area contributed by atoms with Crippen LogP contribution < -0.4 is 0 Å². The molecule has 0 rings (SSSR count). The molecule has 0 heterocycles. The standard InChI is InChI=1S/C16H28O4/c1-6-8-10-19-15(17)14(13(5)12(3)4)16(18)20-11-9-7-2/h12H,6-11H2,1-5H3. The lowest BCUT2D eigenvalue weighted by Gasteiger charge is -2.13. The van der Waals surface area contributed by atoms with E-state index in [1.54, 1.807) is 6.92 Å². The molecular weight excluding hydrogens is 256 g/mol. The number of ether oxygens (including phenoxy) is 2. The third kappa shape index (κ3) is 6.73. The molecule has 0 saturated carbocycles. The lowest BCUT2D eigenvalue weighted by molar-refractivity contribution is -0.147. The molecule has 0 bridgehead atoms. The molecule has 0 aliphatic carbocycles. The van der Waals surface area contributed by atoms with Gasteiger partial charge in [0.25, 0.3) is 0 Å². The third-order valence-corrected chi connectivity index (χ3v) is 3.13. The number of carbonyl (C=O) groups excluding carboxylic acids is 2. The van der Waals surface area contributed by atoms with Gasteiger partial charge in [0, 0.05) is 0 Å². The van der Waals surface area contributed by atoms with Crippen LogP contribution in [0.1, 0.15) is 60.3 Å². The van der Waals surface area contributed by atoms with Gasteiger partial charge in [0.05, 0.1) is 13.2 Å². The zero-order chi connectivity index (χ0) is 15.5. The largest absolute Gasteiger partial charge is 0.462 e. The van der Waals surface area contributed by atoms with Gasteiger partial charge in [-0.1, -0.05) is 40.5 Å². The highest BCUT2D eigenvalue weighted by molar-refractivity contribution is 6.14. The van der Waals surface area contributed by atoms with Crippen LogP contribution in [0.3, 0.4) is 0 Å². The van der Waals surface area contributed by atoms with Gasteiger partial charge in [0.15, 0.2) is 0 Å². The van der Waals surface area contributed by atoms with Crippen LogP contribution in [0.4, 0.5) is 0 Å². The smallest absolute Gasteiger partial charge is 0.345 e. The van der Waals surface area contributed by atoms with Crippen molar-refractivity contribution in [3.63, 3.8) is 0 Å². The summed E-state index contributed by atoms with van der Waals surface area (Å²) < 4.78 is 10.3. The van der Waals surface area contributed by atoms with E-state index >= 15 is 0 Å². The highest BCUT2D eigenvalue weighted by Crippen LogP contribution is 2.17. The Kier molecular flexibility index (Phi) is 9.77.